The van der Waals surface area contributed by atoms with Gasteiger partial charge in [-0.05, 0) is 31.5 Å². The molecule has 5 heteroatoms. The van der Waals surface area contributed by atoms with Gasteiger partial charge < -0.3 is 15.5 Å². The number of hydrogen-bond donors (Lipinski definition) is 2. The summed E-state index contributed by atoms with van der Waals surface area (Å²) in [5, 5.41) is 5.82. The zero-order valence-corrected chi connectivity index (χ0v) is 15.7. The van der Waals surface area contributed by atoms with Gasteiger partial charge in [-0.15, -0.1) is 0 Å². The molecule has 1 aromatic carbocycles. The van der Waals surface area contributed by atoms with Gasteiger partial charge in [-0.2, -0.15) is 0 Å². The third-order valence-electron chi connectivity index (χ3n) is 3.98. The molecule has 0 heterocycles. The van der Waals surface area contributed by atoms with Gasteiger partial charge in [0.05, 0.1) is 0 Å². The van der Waals surface area contributed by atoms with Crippen LogP contribution in [0.1, 0.15) is 53.3 Å². The fourth-order valence-electron chi connectivity index (χ4n) is 2.29. The summed E-state index contributed by atoms with van der Waals surface area (Å²) >= 11 is 0. The van der Waals surface area contributed by atoms with Crippen molar-refractivity contribution in [3.8, 4) is 0 Å². The van der Waals surface area contributed by atoms with Gasteiger partial charge in [-0.3, -0.25) is 9.59 Å². The Bertz CT molecular complexity index is 512. The molecule has 0 spiro atoms. The van der Waals surface area contributed by atoms with Crippen LogP contribution in [0.4, 0.5) is 5.69 Å². The largest absolute Gasteiger partial charge is 0.372 e. The Hall–Kier alpha value is -2.04. The maximum atomic E-state index is 12.1. The minimum Gasteiger partial charge on any atom is -0.372 e. The van der Waals surface area contributed by atoms with E-state index in [0.717, 1.165) is 24.3 Å². The molecular weight excluding hydrogens is 302 g/mol. The summed E-state index contributed by atoms with van der Waals surface area (Å²) in [6.07, 6.45) is -0.513. The lowest BCUT2D eigenvalue weighted by molar-refractivity contribution is -0.127. The van der Waals surface area contributed by atoms with E-state index < -0.39 is 6.17 Å². The Balaban J connectivity index is 3.00. The van der Waals surface area contributed by atoms with Crippen LogP contribution in [0.5, 0.6) is 0 Å². The molecule has 5 nitrogen and oxygen atoms in total. The number of benzene rings is 1. The second-order valence-corrected chi connectivity index (χ2v) is 6.52. The first-order valence-corrected chi connectivity index (χ1v) is 8.75. The van der Waals surface area contributed by atoms with Gasteiger partial charge in [0.2, 0.25) is 11.8 Å². The van der Waals surface area contributed by atoms with Gasteiger partial charge in [-0.1, -0.05) is 39.8 Å². The lowest BCUT2D eigenvalue weighted by atomic mass is 10.1. The number of hydrogen-bond acceptors (Lipinski definition) is 3. The van der Waals surface area contributed by atoms with E-state index in [2.05, 4.69) is 29.4 Å². The van der Waals surface area contributed by atoms with Crippen molar-refractivity contribution >= 4 is 17.5 Å². The fourth-order valence-corrected chi connectivity index (χ4v) is 2.29. The average molecular weight is 333 g/mol. The molecule has 0 radical (unpaired) electrons. The molecule has 134 valence electrons. The SMILES string of the molecule is CCN(CC)c1ccc(C(NC(=O)C(C)C)NC(=O)C(C)C)cc1. The molecule has 0 bridgehead atoms. The number of nitrogens with one attached hydrogen (secondary N) is 2. The highest BCUT2D eigenvalue weighted by molar-refractivity contribution is 5.81. The first kappa shape index (κ1) is 20.0. The van der Waals surface area contributed by atoms with Crippen molar-refractivity contribution in [3.05, 3.63) is 29.8 Å². The van der Waals surface area contributed by atoms with E-state index in [4.69, 9.17) is 0 Å². The number of rotatable bonds is 8. The van der Waals surface area contributed by atoms with E-state index in [1.807, 2.05) is 52.0 Å². The topological polar surface area (TPSA) is 61.4 Å². The van der Waals surface area contributed by atoms with Crippen molar-refractivity contribution < 1.29 is 9.59 Å². The number of carbonyl (C=O) groups is 2. The fraction of sp³-hybridized carbons (Fsp3) is 0.579. The lowest BCUT2D eigenvalue weighted by Crippen LogP contribution is -2.43. The van der Waals surface area contributed by atoms with Crippen molar-refractivity contribution in [2.45, 2.75) is 47.7 Å². The standard InChI is InChI=1S/C19H31N3O2/c1-7-22(8-2)16-11-9-15(10-12-16)17(20-18(23)13(3)4)21-19(24)14(5)6/h9-14,17H,7-8H2,1-6H3,(H,20,23)(H,21,24). The minimum absolute atomic E-state index is 0.0862. The molecule has 0 saturated carbocycles. The quantitative estimate of drug-likeness (QED) is 0.719. The van der Waals surface area contributed by atoms with Crippen molar-refractivity contribution in [3.63, 3.8) is 0 Å². The van der Waals surface area contributed by atoms with Crippen LogP contribution in [0.2, 0.25) is 0 Å². The van der Waals surface area contributed by atoms with Gasteiger partial charge in [0, 0.05) is 30.6 Å². The van der Waals surface area contributed by atoms with Crippen LogP contribution >= 0.6 is 0 Å². The summed E-state index contributed by atoms with van der Waals surface area (Å²) in [4.78, 5) is 26.4. The molecular formula is C19H31N3O2. The Morgan fingerprint density at radius 1 is 0.875 bits per heavy atom. The Morgan fingerprint density at radius 3 is 1.62 bits per heavy atom. The predicted octanol–water partition coefficient (Wildman–Crippen LogP) is 3.08. The minimum atomic E-state index is -0.513. The molecule has 1 rings (SSSR count). The molecule has 24 heavy (non-hydrogen) atoms. The van der Waals surface area contributed by atoms with E-state index in [-0.39, 0.29) is 23.7 Å². The third kappa shape index (κ3) is 5.55. The zero-order valence-electron chi connectivity index (χ0n) is 15.7. The Labute approximate surface area is 145 Å². The second-order valence-electron chi connectivity index (χ2n) is 6.52. The molecule has 0 aliphatic heterocycles. The van der Waals surface area contributed by atoms with Gasteiger partial charge in [-0.25, -0.2) is 0 Å². The summed E-state index contributed by atoms with van der Waals surface area (Å²) in [6, 6.07) is 7.97. The van der Waals surface area contributed by atoms with E-state index in [1.165, 1.54) is 0 Å². The third-order valence-corrected chi connectivity index (χ3v) is 3.98. The van der Waals surface area contributed by atoms with Crippen molar-refractivity contribution in [1.29, 1.82) is 0 Å². The molecule has 0 aromatic heterocycles. The Morgan fingerprint density at radius 2 is 1.29 bits per heavy atom. The maximum absolute atomic E-state index is 12.1. The molecule has 0 saturated heterocycles. The van der Waals surface area contributed by atoms with E-state index in [0.29, 0.717) is 0 Å². The number of nitrogens with zero attached hydrogens (tertiary/aromatic N) is 1. The van der Waals surface area contributed by atoms with Crippen LogP contribution in [0.3, 0.4) is 0 Å². The normalized spacial score (nSPS) is 11.0. The summed E-state index contributed by atoms with van der Waals surface area (Å²) in [5.41, 5.74) is 2.00. The van der Waals surface area contributed by atoms with Crippen LogP contribution in [0.25, 0.3) is 0 Å². The summed E-state index contributed by atoms with van der Waals surface area (Å²) < 4.78 is 0. The van der Waals surface area contributed by atoms with Crippen molar-refractivity contribution in [2.75, 3.05) is 18.0 Å². The van der Waals surface area contributed by atoms with Crippen LogP contribution in [-0.2, 0) is 9.59 Å². The highest BCUT2D eigenvalue weighted by Crippen LogP contribution is 2.19. The Kier molecular flexibility index (Phi) is 7.75. The molecule has 1 aromatic rings. The second kappa shape index (κ2) is 9.30. The highest BCUT2D eigenvalue weighted by atomic mass is 16.2. The van der Waals surface area contributed by atoms with Crippen molar-refractivity contribution in [2.24, 2.45) is 11.8 Å². The number of anilines is 1. The summed E-state index contributed by atoms with van der Waals surface area (Å²) in [7, 11) is 0. The van der Waals surface area contributed by atoms with Crippen molar-refractivity contribution in [1.82, 2.24) is 10.6 Å². The van der Waals surface area contributed by atoms with Crippen LogP contribution in [0, 0.1) is 11.8 Å². The molecule has 2 amide bonds. The smallest absolute Gasteiger partial charge is 0.224 e. The number of amides is 2. The monoisotopic (exact) mass is 333 g/mol. The van der Waals surface area contributed by atoms with Crippen LogP contribution in [-0.4, -0.2) is 24.9 Å². The number of carbonyl (C=O) groups excluding carboxylic acids is 2. The summed E-state index contributed by atoms with van der Waals surface area (Å²) in [6.45, 7) is 13.4. The molecule has 0 fully saturated rings. The average Bonchev–Trinajstić information content (AvgIpc) is 2.55. The highest BCUT2D eigenvalue weighted by Gasteiger charge is 2.20. The molecule has 2 N–H and O–H groups in total. The van der Waals surface area contributed by atoms with Crippen LogP contribution < -0.4 is 15.5 Å². The van der Waals surface area contributed by atoms with Gasteiger partial charge in [0.1, 0.15) is 6.17 Å². The summed E-state index contributed by atoms with van der Waals surface area (Å²) in [5.74, 6) is -0.453. The van der Waals surface area contributed by atoms with Gasteiger partial charge >= 0.3 is 0 Å². The van der Waals surface area contributed by atoms with E-state index in [1.54, 1.807) is 0 Å². The molecule has 0 atom stereocenters. The first-order chi connectivity index (χ1) is 11.3. The first-order valence-electron chi connectivity index (χ1n) is 8.75. The molecule has 0 aliphatic rings. The molecule has 0 aliphatic carbocycles. The van der Waals surface area contributed by atoms with Crippen LogP contribution in [0.15, 0.2) is 24.3 Å². The van der Waals surface area contributed by atoms with Gasteiger partial charge in [0.15, 0.2) is 0 Å². The van der Waals surface area contributed by atoms with Gasteiger partial charge in [0.25, 0.3) is 0 Å². The zero-order chi connectivity index (χ0) is 18.3. The lowest BCUT2D eigenvalue weighted by Gasteiger charge is -2.25. The predicted molar refractivity (Wildman–Crippen MR) is 98.7 cm³/mol. The molecule has 0 unspecified atom stereocenters. The van der Waals surface area contributed by atoms with E-state index >= 15 is 0 Å². The van der Waals surface area contributed by atoms with E-state index in [9.17, 15) is 9.59 Å². The maximum Gasteiger partial charge on any atom is 0.224 e.